The Bertz CT molecular complexity index is 657. The van der Waals surface area contributed by atoms with E-state index in [4.69, 9.17) is 11.5 Å². The number of rotatable bonds is 7. The standard InChI is InChI=1S/C14H16N2O4S/c1-2-9-16(10-14(17)18)12-5-7-13(8-6-12)21(19,20)15-11-3-4-11/h1,5-8,11,15H,3-4,9-10H2,(H,17,18). The van der Waals surface area contributed by atoms with Gasteiger partial charge in [-0.05, 0) is 37.1 Å². The maximum Gasteiger partial charge on any atom is 0.323 e. The maximum atomic E-state index is 12.0. The Morgan fingerprint density at radius 2 is 2.00 bits per heavy atom. The lowest BCUT2D eigenvalue weighted by atomic mass is 10.3. The monoisotopic (exact) mass is 308 g/mol. The van der Waals surface area contributed by atoms with Crippen LogP contribution in [-0.4, -0.2) is 38.6 Å². The van der Waals surface area contributed by atoms with Gasteiger partial charge in [-0.2, -0.15) is 0 Å². The van der Waals surface area contributed by atoms with Gasteiger partial charge in [0.15, 0.2) is 0 Å². The third-order valence-electron chi connectivity index (χ3n) is 3.02. The molecule has 0 aliphatic heterocycles. The Hall–Kier alpha value is -2.04. The van der Waals surface area contributed by atoms with Crippen LogP contribution in [-0.2, 0) is 14.8 Å². The molecule has 7 heteroatoms. The van der Waals surface area contributed by atoms with Crippen molar-refractivity contribution in [3.63, 3.8) is 0 Å². The van der Waals surface area contributed by atoms with Gasteiger partial charge in [-0.1, -0.05) is 5.92 Å². The zero-order chi connectivity index (χ0) is 15.5. The van der Waals surface area contributed by atoms with E-state index in [9.17, 15) is 13.2 Å². The van der Waals surface area contributed by atoms with E-state index >= 15 is 0 Å². The second kappa shape index (κ2) is 6.16. The number of terminal acetylenes is 1. The van der Waals surface area contributed by atoms with Crippen LogP contribution in [0.5, 0.6) is 0 Å². The summed E-state index contributed by atoms with van der Waals surface area (Å²) in [5, 5.41) is 8.85. The summed E-state index contributed by atoms with van der Waals surface area (Å²) in [7, 11) is -3.50. The normalized spacial score (nSPS) is 14.4. The number of carboxylic acids is 1. The minimum Gasteiger partial charge on any atom is -0.480 e. The van der Waals surface area contributed by atoms with Crippen molar-refractivity contribution in [1.82, 2.24) is 4.72 Å². The van der Waals surface area contributed by atoms with Gasteiger partial charge in [0.1, 0.15) is 6.54 Å². The number of hydrogen-bond acceptors (Lipinski definition) is 4. The SMILES string of the molecule is C#CCN(CC(=O)O)c1ccc(S(=O)(=O)NC2CC2)cc1. The molecule has 1 aliphatic rings. The molecule has 0 saturated heterocycles. The summed E-state index contributed by atoms with van der Waals surface area (Å²) >= 11 is 0. The van der Waals surface area contributed by atoms with E-state index in [2.05, 4.69) is 10.6 Å². The highest BCUT2D eigenvalue weighted by molar-refractivity contribution is 7.89. The van der Waals surface area contributed by atoms with Crippen LogP contribution in [0.3, 0.4) is 0 Å². The summed E-state index contributed by atoms with van der Waals surface area (Å²) in [6.45, 7) is -0.102. The van der Waals surface area contributed by atoms with Gasteiger partial charge in [-0.3, -0.25) is 4.79 Å². The van der Waals surface area contributed by atoms with Gasteiger partial charge in [0.25, 0.3) is 0 Å². The maximum absolute atomic E-state index is 12.0. The Balaban J connectivity index is 2.16. The molecule has 1 saturated carbocycles. The lowest BCUT2D eigenvalue weighted by Gasteiger charge is -2.20. The summed E-state index contributed by atoms with van der Waals surface area (Å²) in [6.07, 6.45) is 6.95. The van der Waals surface area contributed by atoms with E-state index in [0.717, 1.165) is 12.8 Å². The van der Waals surface area contributed by atoms with Gasteiger partial charge in [0.2, 0.25) is 10.0 Å². The van der Waals surface area contributed by atoms with Crippen molar-refractivity contribution in [3.05, 3.63) is 24.3 Å². The first-order chi connectivity index (χ1) is 9.92. The first kappa shape index (κ1) is 15.4. The van der Waals surface area contributed by atoms with E-state index in [1.807, 2.05) is 0 Å². The fourth-order valence-corrected chi connectivity index (χ4v) is 3.14. The first-order valence-corrected chi connectivity index (χ1v) is 7.93. The molecule has 2 rings (SSSR count). The highest BCUT2D eigenvalue weighted by Gasteiger charge is 2.27. The van der Waals surface area contributed by atoms with Crippen LogP contribution in [0.4, 0.5) is 5.69 Å². The zero-order valence-corrected chi connectivity index (χ0v) is 12.1. The number of benzene rings is 1. The van der Waals surface area contributed by atoms with Crippen LogP contribution in [0.2, 0.25) is 0 Å². The molecule has 1 fully saturated rings. The largest absolute Gasteiger partial charge is 0.480 e. The molecule has 1 aromatic carbocycles. The minimum atomic E-state index is -3.50. The number of hydrogen-bond donors (Lipinski definition) is 2. The molecular weight excluding hydrogens is 292 g/mol. The van der Waals surface area contributed by atoms with Crippen LogP contribution in [0.25, 0.3) is 0 Å². The van der Waals surface area contributed by atoms with Crippen LogP contribution in [0.15, 0.2) is 29.2 Å². The number of nitrogens with one attached hydrogen (secondary N) is 1. The summed E-state index contributed by atoms with van der Waals surface area (Å²) in [5.74, 6) is 1.38. The van der Waals surface area contributed by atoms with E-state index in [0.29, 0.717) is 5.69 Å². The Morgan fingerprint density at radius 3 is 2.48 bits per heavy atom. The predicted octanol–water partition coefficient (Wildman–Crippen LogP) is 0.651. The topological polar surface area (TPSA) is 86.7 Å². The second-order valence-corrected chi connectivity index (χ2v) is 6.56. The van der Waals surface area contributed by atoms with Crippen molar-refractivity contribution in [2.75, 3.05) is 18.0 Å². The molecule has 6 nitrogen and oxygen atoms in total. The first-order valence-electron chi connectivity index (χ1n) is 6.45. The molecule has 0 radical (unpaired) electrons. The molecule has 1 aromatic rings. The summed E-state index contributed by atoms with van der Waals surface area (Å²) < 4.78 is 26.6. The summed E-state index contributed by atoms with van der Waals surface area (Å²) in [4.78, 5) is 12.4. The fraction of sp³-hybridized carbons (Fsp3) is 0.357. The molecular formula is C14H16N2O4S. The van der Waals surface area contributed by atoms with Crippen molar-refractivity contribution in [2.45, 2.75) is 23.8 Å². The third-order valence-corrected chi connectivity index (χ3v) is 4.56. The highest BCUT2D eigenvalue weighted by atomic mass is 32.2. The van der Waals surface area contributed by atoms with Gasteiger partial charge in [-0.15, -0.1) is 6.42 Å². The van der Waals surface area contributed by atoms with Gasteiger partial charge in [0.05, 0.1) is 11.4 Å². The molecule has 0 aromatic heterocycles. The van der Waals surface area contributed by atoms with Gasteiger partial charge in [-0.25, -0.2) is 13.1 Å². The highest BCUT2D eigenvalue weighted by Crippen LogP contribution is 2.23. The van der Waals surface area contributed by atoms with Crippen LogP contribution >= 0.6 is 0 Å². The average molecular weight is 308 g/mol. The number of nitrogens with zero attached hydrogens (tertiary/aromatic N) is 1. The average Bonchev–Trinajstić information content (AvgIpc) is 3.21. The molecule has 2 N–H and O–H groups in total. The molecule has 1 aliphatic carbocycles. The molecule has 0 atom stereocenters. The van der Waals surface area contributed by atoms with Crippen molar-refractivity contribution < 1.29 is 18.3 Å². The van der Waals surface area contributed by atoms with Gasteiger partial charge >= 0.3 is 5.97 Å². The summed E-state index contributed by atoms with van der Waals surface area (Å²) in [6, 6.07) is 6.06. The zero-order valence-electron chi connectivity index (χ0n) is 11.3. The van der Waals surface area contributed by atoms with Crippen molar-refractivity contribution in [3.8, 4) is 12.3 Å². The number of anilines is 1. The Labute approximate surface area is 123 Å². The number of carbonyl (C=O) groups is 1. The van der Waals surface area contributed by atoms with Gasteiger partial charge in [0, 0.05) is 11.7 Å². The quantitative estimate of drug-likeness (QED) is 0.722. The molecule has 0 spiro atoms. The Morgan fingerprint density at radius 1 is 1.38 bits per heavy atom. The van der Waals surface area contributed by atoms with E-state index < -0.39 is 16.0 Å². The third kappa shape index (κ3) is 4.21. The van der Waals surface area contributed by atoms with Crippen LogP contribution < -0.4 is 9.62 Å². The second-order valence-electron chi connectivity index (χ2n) is 4.84. The molecule has 112 valence electrons. The lowest BCUT2D eigenvalue weighted by molar-refractivity contribution is -0.135. The van der Waals surface area contributed by atoms with E-state index in [1.54, 1.807) is 12.1 Å². The van der Waals surface area contributed by atoms with Crippen molar-refractivity contribution in [1.29, 1.82) is 0 Å². The smallest absolute Gasteiger partial charge is 0.323 e. The van der Waals surface area contributed by atoms with E-state index in [1.165, 1.54) is 17.0 Å². The summed E-state index contributed by atoms with van der Waals surface area (Å²) in [5.41, 5.74) is 0.570. The molecule has 0 heterocycles. The number of carboxylic acid groups (broad SMARTS) is 1. The van der Waals surface area contributed by atoms with Gasteiger partial charge < -0.3 is 10.0 Å². The molecule has 0 bridgehead atoms. The molecule has 21 heavy (non-hydrogen) atoms. The molecule has 0 unspecified atom stereocenters. The van der Waals surface area contributed by atoms with Crippen LogP contribution in [0.1, 0.15) is 12.8 Å². The van der Waals surface area contributed by atoms with Crippen molar-refractivity contribution in [2.24, 2.45) is 0 Å². The number of aliphatic carboxylic acids is 1. The molecule has 0 amide bonds. The number of sulfonamides is 1. The van der Waals surface area contributed by atoms with Crippen molar-refractivity contribution >= 4 is 21.7 Å². The predicted molar refractivity (Wildman–Crippen MR) is 78.5 cm³/mol. The lowest BCUT2D eigenvalue weighted by Crippen LogP contribution is -2.30. The fourth-order valence-electron chi connectivity index (χ4n) is 1.84. The minimum absolute atomic E-state index is 0.0413. The Kier molecular flexibility index (Phi) is 4.50. The van der Waals surface area contributed by atoms with Crippen LogP contribution in [0, 0.1) is 12.3 Å². The van der Waals surface area contributed by atoms with E-state index in [-0.39, 0.29) is 24.0 Å².